The van der Waals surface area contributed by atoms with E-state index in [0.29, 0.717) is 19.5 Å². The lowest BCUT2D eigenvalue weighted by molar-refractivity contribution is -0.438. The van der Waals surface area contributed by atoms with Gasteiger partial charge in [-0.1, -0.05) is 93.2 Å². The van der Waals surface area contributed by atoms with Crippen LogP contribution in [0.5, 0.6) is 0 Å². The molecule has 2 aliphatic heterocycles. The van der Waals surface area contributed by atoms with Gasteiger partial charge in [0.05, 0.1) is 15.2 Å². The maximum Gasteiger partial charge on any atom is 0.303 e. The van der Waals surface area contributed by atoms with Crippen molar-refractivity contribution in [3.63, 3.8) is 0 Å². The fraction of sp³-hybridized carbons (Fsp3) is 0.318. The van der Waals surface area contributed by atoms with E-state index in [1.165, 1.54) is 23.8 Å². The number of hydrogen-bond donors (Lipinski definition) is 3. The first-order valence-electron chi connectivity index (χ1n) is 18.7. The molecule has 3 N–H and O–H groups in total. The quantitative estimate of drug-likeness (QED) is 0.0654. The summed E-state index contributed by atoms with van der Waals surface area (Å²) in [6, 6.07) is 9.40. The predicted octanol–water partition coefficient (Wildman–Crippen LogP) is 8.94. The standard InChI is InChI=1S/C44H50N2O8S2/c1-43(2)36-31-34(55(49,50)51)25-27-38(36)45(29-17-11-16-24-42(47)48)40(43)22-14-9-6-10-15-23-41-44(3,4)37-32-35(56(52,53)54)26-28-39(37)46(41)30-18-21-33-19-12-7-5-8-13-20-33/h5-10,12-15,19-20,22-23,25-28,31-32H,11,16-18,21,24,29-30H2,1-4H3,(H2-,47,48,49,50,51,52,53,54)/p+1. The summed E-state index contributed by atoms with van der Waals surface area (Å²) in [5.74, 6) is -0.825. The Morgan fingerprint density at radius 3 is 2.11 bits per heavy atom. The molecule has 0 aromatic heterocycles. The first kappa shape index (κ1) is 42.3. The van der Waals surface area contributed by atoms with Crippen LogP contribution in [-0.2, 0) is 35.9 Å². The summed E-state index contributed by atoms with van der Waals surface area (Å²) in [5.41, 5.74) is 5.34. The van der Waals surface area contributed by atoms with Gasteiger partial charge < -0.3 is 10.0 Å². The number of fused-ring (bicyclic) bond motifs is 2. The number of carboxylic acids is 1. The highest BCUT2D eigenvalue weighted by Gasteiger charge is 2.45. The van der Waals surface area contributed by atoms with E-state index in [9.17, 15) is 30.7 Å². The van der Waals surface area contributed by atoms with Crippen LogP contribution in [0.4, 0.5) is 11.4 Å². The maximum atomic E-state index is 12.1. The van der Waals surface area contributed by atoms with Crippen LogP contribution in [0.2, 0.25) is 0 Å². The van der Waals surface area contributed by atoms with Crippen molar-refractivity contribution in [2.45, 2.75) is 86.8 Å². The van der Waals surface area contributed by atoms with Crippen molar-refractivity contribution in [1.82, 2.24) is 0 Å². The van der Waals surface area contributed by atoms with Gasteiger partial charge in [-0.2, -0.15) is 21.4 Å². The molecular formula is C44H51N2O8S2+. The van der Waals surface area contributed by atoms with E-state index in [4.69, 9.17) is 5.11 Å². The Kier molecular flexibility index (Phi) is 13.2. The predicted molar refractivity (Wildman–Crippen MR) is 222 cm³/mol. The minimum atomic E-state index is -4.40. The summed E-state index contributed by atoms with van der Waals surface area (Å²) in [6.07, 6.45) is 31.7. The molecule has 296 valence electrons. The van der Waals surface area contributed by atoms with Crippen LogP contribution >= 0.6 is 0 Å². The second kappa shape index (κ2) is 17.5. The molecule has 12 heteroatoms. The van der Waals surface area contributed by atoms with Gasteiger partial charge in [0, 0.05) is 53.9 Å². The summed E-state index contributed by atoms with van der Waals surface area (Å²) in [4.78, 5) is 12.8. The molecule has 5 rings (SSSR count). The van der Waals surface area contributed by atoms with Crippen molar-refractivity contribution in [1.29, 1.82) is 0 Å². The van der Waals surface area contributed by atoms with E-state index < -0.39 is 37.0 Å². The molecule has 3 aliphatic rings. The molecule has 56 heavy (non-hydrogen) atoms. The average Bonchev–Trinajstić information content (AvgIpc) is 3.45. The number of hydrogen-bond acceptors (Lipinski definition) is 6. The van der Waals surface area contributed by atoms with Crippen LogP contribution in [-0.4, -0.2) is 60.4 Å². The average molecular weight is 800 g/mol. The second-order valence-electron chi connectivity index (χ2n) is 15.1. The molecule has 0 saturated carbocycles. The largest absolute Gasteiger partial charge is 0.481 e. The Bertz CT molecular complexity index is 2350. The van der Waals surface area contributed by atoms with Crippen LogP contribution < -0.4 is 4.90 Å². The zero-order valence-corrected chi connectivity index (χ0v) is 33.9. The number of unbranched alkanes of at least 4 members (excludes halogenated alkanes) is 2. The van der Waals surface area contributed by atoms with E-state index in [1.54, 1.807) is 18.2 Å². The molecule has 2 aromatic carbocycles. The summed E-state index contributed by atoms with van der Waals surface area (Å²) in [5, 5.41) is 9.04. The van der Waals surface area contributed by atoms with E-state index in [2.05, 4.69) is 21.6 Å². The van der Waals surface area contributed by atoms with Crippen molar-refractivity contribution in [2.24, 2.45) is 0 Å². The van der Waals surface area contributed by atoms with Gasteiger partial charge in [0.25, 0.3) is 20.2 Å². The van der Waals surface area contributed by atoms with Gasteiger partial charge in [0.1, 0.15) is 6.54 Å². The molecule has 0 atom stereocenters. The summed E-state index contributed by atoms with van der Waals surface area (Å²) >= 11 is 0. The van der Waals surface area contributed by atoms with Gasteiger partial charge in [0.2, 0.25) is 5.69 Å². The lowest BCUT2D eigenvalue weighted by Gasteiger charge is -2.27. The third-order valence-electron chi connectivity index (χ3n) is 10.5. The molecule has 2 heterocycles. The van der Waals surface area contributed by atoms with Crippen molar-refractivity contribution in [2.75, 3.05) is 18.0 Å². The van der Waals surface area contributed by atoms with E-state index in [1.807, 2.05) is 101 Å². The van der Waals surface area contributed by atoms with Crippen molar-refractivity contribution < 1.29 is 40.4 Å². The fourth-order valence-corrected chi connectivity index (χ4v) is 8.55. The van der Waals surface area contributed by atoms with E-state index in [0.717, 1.165) is 59.6 Å². The number of carboxylic acid groups (broad SMARTS) is 1. The van der Waals surface area contributed by atoms with Crippen molar-refractivity contribution in [3.05, 3.63) is 144 Å². The summed E-state index contributed by atoms with van der Waals surface area (Å²) < 4.78 is 69.9. The molecule has 2 aromatic rings. The lowest BCUT2D eigenvalue weighted by Crippen LogP contribution is -2.28. The Morgan fingerprint density at radius 2 is 1.39 bits per heavy atom. The van der Waals surface area contributed by atoms with Gasteiger partial charge in [-0.15, -0.1) is 0 Å². The molecule has 0 saturated heterocycles. The van der Waals surface area contributed by atoms with Crippen LogP contribution in [0, 0.1) is 0 Å². The van der Waals surface area contributed by atoms with Crippen LogP contribution in [0.3, 0.4) is 0 Å². The van der Waals surface area contributed by atoms with Crippen LogP contribution in [0.15, 0.2) is 143 Å². The number of benzene rings is 2. The number of allylic oxidation sites excluding steroid dienone is 16. The highest BCUT2D eigenvalue weighted by Crippen LogP contribution is 2.48. The monoisotopic (exact) mass is 799 g/mol. The van der Waals surface area contributed by atoms with Gasteiger partial charge in [-0.25, -0.2) is 0 Å². The zero-order valence-electron chi connectivity index (χ0n) is 32.3. The molecule has 0 unspecified atom stereocenters. The molecule has 0 bridgehead atoms. The topological polar surface area (TPSA) is 152 Å². The fourth-order valence-electron chi connectivity index (χ4n) is 7.53. The van der Waals surface area contributed by atoms with E-state index in [-0.39, 0.29) is 16.2 Å². The molecule has 0 amide bonds. The molecule has 0 fully saturated rings. The Morgan fingerprint density at radius 1 is 0.750 bits per heavy atom. The van der Waals surface area contributed by atoms with Gasteiger partial charge >= 0.3 is 5.97 Å². The zero-order chi connectivity index (χ0) is 40.7. The van der Waals surface area contributed by atoms with Crippen LogP contribution in [0.1, 0.15) is 77.3 Å². The molecule has 0 spiro atoms. The number of rotatable bonds is 16. The Labute approximate surface area is 331 Å². The SMILES string of the molecule is CC1(C)C(=CC=CC=CC=CC2=[N+](CCCC3=CC=CC=CC=C3)c3ccc(S(=O)(=O)O)cc3C2(C)C)N(CCCCCC(=O)O)c2ccc(S(=O)(=O)O)cc21. The van der Waals surface area contributed by atoms with Crippen molar-refractivity contribution in [3.8, 4) is 0 Å². The minimum Gasteiger partial charge on any atom is -0.481 e. The smallest absolute Gasteiger partial charge is 0.303 e. The Hall–Kier alpha value is -4.88. The number of nitrogens with zero attached hydrogens (tertiary/aromatic N) is 2. The number of aliphatic carboxylic acids is 1. The highest BCUT2D eigenvalue weighted by atomic mass is 32.2. The maximum absolute atomic E-state index is 12.1. The van der Waals surface area contributed by atoms with Crippen molar-refractivity contribution >= 4 is 43.3 Å². The second-order valence-corrected chi connectivity index (χ2v) is 17.9. The first-order valence-corrected chi connectivity index (χ1v) is 21.6. The minimum absolute atomic E-state index is 0.106. The normalized spacial score (nSPS) is 18.4. The molecule has 10 nitrogen and oxygen atoms in total. The molecule has 0 radical (unpaired) electrons. The Balaban J connectivity index is 1.38. The van der Waals surface area contributed by atoms with Crippen LogP contribution in [0.25, 0.3) is 0 Å². The summed E-state index contributed by atoms with van der Waals surface area (Å²) in [7, 11) is -8.78. The third-order valence-corrected chi connectivity index (χ3v) is 12.2. The third kappa shape index (κ3) is 9.91. The first-order chi connectivity index (χ1) is 26.4. The van der Waals surface area contributed by atoms with Gasteiger partial charge in [-0.3, -0.25) is 13.9 Å². The molecule has 1 aliphatic carbocycles. The molecular weight excluding hydrogens is 749 g/mol. The summed E-state index contributed by atoms with van der Waals surface area (Å²) in [6.45, 7) is 9.41. The number of carbonyl (C=O) groups is 1. The lowest BCUT2D eigenvalue weighted by atomic mass is 9.81. The van der Waals surface area contributed by atoms with Gasteiger partial charge in [0.15, 0.2) is 5.71 Å². The van der Waals surface area contributed by atoms with Gasteiger partial charge in [-0.05, 0) is 80.7 Å². The highest BCUT2D eigenvalue weighted by molar-refractivity contribution is 7.86. The van der Waals surface area contributed by atoms with E-state index >= 15 is 0 Å². The number of anilines is 1.